The number of carboxylic acids is 1. The molecule has 1 rings (SSSR count). The van der Waals surface area contributed by atoms with Gasteiger partial charge in [0.2, 0.25) is 5.91 Å². The van der Waals surface area contributed by atoms with Crippen LogP contribution in [0.15, 0.2) is 0 Å². The van der Waals surface area contributed by atoms with Crippen molar-refractivity contribution in [1.29, 1.82) is 0 Å². The first-order chi connectivity index (χ1) is 7.91. The third-order valence-corrected chi connectivity index (χ3v) is 3.21. The summed E-state index contributed by atoms with van der Waals surface area (Å²) in [4.78, 5) is 24.3. The van der Waals surface area contributed by atoms with Crippen LogP contribution >= 0.6 is 0 Å². The molecule has 5 heteroatoms. The number of rotatable bonds is 6. The van der Waals surface area contributed by atoms with Crippen LogP contribution in [0.4, 0.5) is 0 Å². The van der Waals surface area contributed by atoms with Crippen molar-refractivity contribution in [2.75, 3.05) is 19.6 Å². The van der Waals surface area contributed by atoms with Gasteiger partial charge >= 0.3 is 5.97 Å². The van der Waals surface area contributed by atoms with Crippen LogP contribution in [0.5, 0.6) is 0 Å². The Labute approximate surface area is 102 Å². The van der Waals surface area contributed by atoms with E-state index < -0.39 is 5.97 Å². The number of hydrogen-bond donors (Lipinski definition) is 2. The maximum Gasteiger partial charge on any atom is 0.309 e. The highest BCUT2D eigenvalue weighted by atomic mass is 16.4. The van der Waals surface area contributed by atoms with Crippen LogP contribution < -0.4 is 5.32 Å². The van der Waals surface area contributed by atoms with Crippen molar-refractivity contribution in [2.24, 2.45) is 11.8 Å². The first kappa shape index (κ1) is 14.0. The predicted molar refractivity (Wildman–Crippen MR) is 64.6 cm³/mol. The fourth-order valence-electron chi connectivity index (χ4n) is 1.78. The molecule has 0 aromatic carbocycles. The number of nitrogens with zero attached hydrogens (tertiary/aromatic N) is 1. The fourth-order valence-corrected chi connectivity index (χ4v) is 1.78. The van der Waals surface area contributed by atoms with Crippen LogP contribution in [0, 0.1) is 11.8 Å². The predicted octanol–water partition coefficient (Wildman–Crippen LogP) is 0.554. The van der Waals surface area contributed by atoms with E-state index in [0.717, 1.165) is 6.42 Å². The van der Waals surface area contributed by atoms with Gasteiger partial charge in [0.25, 0.3) is 0 Å². The molecule has 1 saturated heterocycles. The largest absolute Gasteiger partial charge is 0.481 e. The number of amides is 1. The van der Waals surface area contributed by atoms with Gasteiger partial charge in [0.05, 0.1) is 12.0 Å². The van der Waals surface area contributed by atoms with Gasteiger partial charge in [-0.1, -0.05) is 13.8 Å². The van der Waals surface area contributed by atoms with Crippen LogP contribution in [0.1, 0.15) is 27.2 Å². The first-order valence-electron chi connectivity index (χ1n) is 6.16. The summed E-state index contributed by atoms with van der Waals surface area (Å²) in [6.07, 6.45) is 0.968. The van der Waals surface area contributed by atoms with Gasteiger partial charge in [-0.05, 0) is 19.3 Å². The van der Waals surface area contributed by atoms with E-state index in [4.69, 9.17) is 5.11 Å². The lowest BCUT2D eigenvalue weighted by Crippen LogP contribution is -2.58. The third kappa shape index (κ3) is 4.00. The summed E-state index contributed by atoms with van der Waals surface area (Å²) >= 11 is 0. The van der Waals surface area contributed by atoms with Crippen molar-refractivity contribution in [3.63, 3.8) is 0 Å². The Bertz CT molecular complexity index is 285. The Hall–Kier alpha value is -1.10. The molecule has 17 heavy (non-hydrogen) atoms. The lowest BCUT2D eigenvalue weighted by molar-refractivity contribution is -0.150. The molecule has 1 amide bonds. The van der Waals surface area contributed by atoms with Crippen molar-refractivity contribution in [3.05, 3.63) is 0 Å². The molecule has 98 valence electrons. The average Bonchev–Trinajstić information content (AvgIpc) is 2.13. The normalized spacial score (nSPS) is 18.8. The van der Waals surface area contributed by atoms with Crippen LogP contribution in [0.25, 0.3) is 0 Å². The molecule has 1 aliphatic heterocycles. The summed E-state index contributed by atoms with van der Waals surface area (Å²) in [7, 11) is 0. The quantitative estimate of drug-likeness (QED) is 0.714. The molecule has 0 saturated carbocycles. The van der Waals surface area contributed by atoms with Crippen LogP contribution in [0.3, 0.4) is 0 Å². The van der Waals surface area contributed by atoms with Gasteiger partial charge in [0.15, 0.2) is 0 Å². The Morgan fingerprint density at radius 3 is 2.41 bits per heavy atom. The standard InChI is InChI=1S/C12H22N2O3/c1-8(2)4-5-13-11(15)9(3)14-6-10(7-14)12(16)17/h8-10H,4-7H2,1-3H3,(H,13,15)(H,16,17). The number of hydrogen-bond acceptors (Lipinski definition) is 3. The van der Waals surface area contributed by atoms with Crippen molar-refractivity contribution < 1.29 is 14.7 Å². The third-order valence-electron chi connectivity index (χ3n) is 3.21. The molecule has 0 aromatic rings. The van der Waals surface area contributed by atoms with Crippen molar-refractivity contribution >= 4 is 11.9 Å². The van der Waals surface area contributed by atoms with Gasteiger partial charge in [-0.25, -0.2) is 0 Å². The highest BCUT2D eigenvalue weighted by Crippen LogP contribution is 2.18. The zero-order valence-electron chi connectivity index (χ0n) is 10.8. The van der Waals surface area contributed by atoms with Gasteiger partial charge in [0.1, 0.15) is 0 Å². The van der Waals surface area contributed by atoms with Crippen molar-refractivity contribution in [2.45, 2.75) is 33.2 Å². The van der Waals surface area contributed by atoms with Gasteiger partial charge in [-0.3, -0.25) is 14.5 Å². The van der Waals surface area contributed by atoms with E-state index in [2.05, 4.69) is 19.2 Å². The molecular weight excluding hydrogens is 220 g/mol. The van der Waals surface area contributed by atoms with Gasteiger partial charge in [-0.2, -0.15) is 0 Å². The molecule has 0 radical (unpaired) electrons. The number of nitrogens with one attached hydrogen (secondary N) is 1. The smallest absolute Gasteiger partial charge is 0.309 e. The van der Waals surface area contributed by atoms with E-state index in [-0.39, 0.29) is 17.9 Å². The number of carboxylic acid groups (broad SMARTS) is 1. The van der Waals surface area contributed by atoms with E-state index in [1.807, 2.05) is 11.8 Å². The molecule has 0 bridgehead atoms. The SMILES string of the molecule is CC(C)CCNC(=O)C(C)N1CC(C(=O)O)C1. The molecule has 1 fully saturated rings. The highest BCUT2D eigenvalue weighted by molar-refractivity contribution is 5.82. The molecule has 0 spiro atoms. The summed E-state index contributed by atoms with van der Waals surface area (Å²) in [6, 6.07) is -0.224. The Balaban J connectivity index is 2.22. The Morgan fingerprint density at radius 1 is 1.35 bits per heavy atom. The number of likely N-dealkylation sites (tertiary alicyclic amines) is 1. The topological polar surface area (TPSA) is 69.6 Å². The second kappa shape index (κ2) is 6.00. The minimum atomic E-state index is -0.770. The molecule has 1 atom stereocenters. The average molecular weight is 242 g/mol. The maximum absolute atomic E-state index is 11.7. The Kier molecular flexibility index (Phi) is 4.93. The van der Waals surface area contributed by atoms with E-state index in [9.17, 15) is 9.59 Å². The summed E-state index contributed by atoms with van der Waals surface area (Å²) in [5, 5.41) is 11.6. The summed E-state index contributed by atoms with van der Waals surface area (Å²) in [5.74, 6) is -0.505. The van der Waals surface area contributed by atoms with E-state index in [0.29, 0.717) is 25.6 Å². The van der Waals surface area contributed by atoms with Gasteiger partial charge in [-0.15, -0.1) is 0 Å². The molecule has 0 aromatic heterocycles. The second-order valence-corrected chi connectivity index (χ2v) is 5.14. The molecule has 1 unspecified atom stereocenters. The number of carbonyl (C=O) groups excluding carboxylic acids is 1. The second-order valence-electron chi connectivity index (χ2n) is 5.14. The molecule has 1 heterocycles. The molecular formula is C12H22N2O3. The molecule has 5 nitrogen and oxygen atoms in total. The first-order valence-corrected chi connectivity index (χ1v) is 6.16. The summed E-state index contributed by atoms with van der Waals surface area (Å²) in [6.45, 7) is 7.70. The monoisotopic (exact) mass is 242 g/mol. The number of carbonyl (C=O) groups is 2. The van der Waals surface area contributed by atoms with Crippen molar-refractivity contribution in [3.8, 4) is 0 Å². The highest BCUT2D eigenvalue weighted by Gasteiger charge is 2.37. The summed E-state index contributed by atoms with van der Waals surface area (Å²) in [5.41, 5.74) is 0. The van der Waals surface area contributed by atoms with E-state index in [1.54, 1.807) is 0 Å². The maximum atomic E-state index is 11.7. The minimum Gasteiger partial charge on any atom is -0.481 e. The number of aliphatic carboxylic acids is 1. The van der Waals surface area contributed by atoms with Crippen LogP contribution in [-0.4, -0.2) is 47.6 Å². The minimum absolute atomic E-state index is 0.00510. The van der Waals surface area contributed by atoms with Gasteiger partial charge in [0, 0.05) is 19.6 Å². The van der Waals surface area contributed by atoms with Crippen LogP contribution in [0.2, 0.25) is 0 Å². The lowest BCUT2D eigenvalue weighted by Gasteiger charge is -2.40. The zero-order chi connectivity index (χ0) is 13.0. The zero-order valence-corrected chi connectivity index (χ0v) is 10.8. The van der Waals surface area contributed by atoms with Gasteiger partial charge < -0.3 is 10.4 Å². The lowest BCUT2D eigenvalue weighted by atomic mass is 9.98. The molecule has 2 N–H and O–H groups in total. The van der Waals surface area contributed by atoms with E-state index >= 15 is 0 Å². The van der Waals surface area contributed by atoms with Crippen LogP contribution in [-0.2, 0) is 9.59 Å². The molecule has 1 aliphatic rings. The molecule has 0 aliphatic carbocycles. The fraction of sp³-hybridized carbons (Fsp3) is 0.833. The Morgan fingerprint density at radius 2 is 1.94 bits per heavy atom. The van der Waals surface area contributed by atoms with Crippen molar-refractivity contribution in [1.82, 2.24) is 10.2 Å². The van der Waals surface area contributed by atoms with E-state index in [1.165, 1.54) is 0 Å². The summed E-state index contributed by atoms with van der Waals surface area (Å²) < 4.78 is 0.